The second-order valence-corrected chi connectivity index (χ2v) is 5.36. The number of hydrogen-bond donors (Lipinski definition) is 3. The number of carbonyl (C=O) groups excluding carboxylic acids is 1. The number of hydrogen-bond acceptors (Lipinski definition) is 3. The maximum absolute atomic E-state index is 11.8. The van der Waals surface area contributed by atoms with E-state index in [2.05, 4.69) is 15.6 Å². The first kappa shape index (κ1) is 15.9. The molecule has 1 aromatic rings. The van der Waals surface area contributed by atoms with Gasteiger partial charge in [0.25, 0.3) is 0 Å². The Hall–Kier alpha value is -2.11. The van der Waals surface area contributed by atoms with E-state index in [0.29, 0.717) is 13.0 Å². The highest BCUT2D eigenvalue weighted by atomic mass is 16.4. The Morgan fingerprint density at radius 1 is 1.35 bits per heavy atom. The number of urea groups is 1. The Morgan fingerprint density at radius 2 is 2.05 bits per heavy atom. The molecule has 2 amide bonds. The lowest BCUT2D eigenvalue weighted by molar-refractivity contribution is -0.137. The molecule has 0 aliphatic rings. The number of amides is 2. The van der Waals surface area contributed by atoms with Crippen LogP contribution in [0.15, 0.2) is 18.2 Å². The molecule has 0 saturated heterocycles. The van der Waals surface area contributed by atoms with Gasteiger partial charge < -0.3 is 15.7 Å². The van der Waals surface area contributed by atoms with Crippen LogP contribution in [0.3, 0.4) is 0 Å². The molecule has 0 unspecified atom stereocenters. The molecule has 0 bridgehead atoms. The average Bonchev–Trinajstić information content (AvgIpc) is 2.34. The molecule has 1 aromatic heterocycles. The van der Waals surface area contributed by atoms with Gasteiger partial charge in [-0.2, -0.15) is 0 Å². The van der Waals surface area contributed by atoms with Crippen molar-refractivity contribution < 1.29 is 14.7 Å². The van der Waals surface area contributed by atoms with E-state index < -0.39 is 11.5 Å². The molecule has 3 N–H and O–H groups in total. The van der Waals surface area contributed by atoms with E-state index in [4.69, 9.17) is 5.11 Å². The van der Waals surface area contributed by atoms with Crippen LogP contribution in [0.4, 0.5) is 4.79 Å². The van der Waals surface area contributed by atoms with Crippen LogP contribution in [0.1, 0.15) is 38.1 Å². The van der Waals surface area contributed by atoms with Crippen molar-refractivity contribution in [3.63, 3.8) is 0 Å². The topological polar surface area (TPSA) is 91.3 Å². The summed E-state index contributed by atoms with van der Waals surface area (Å²) in [5.74, 6) is -0.871. The molecule has 0 aromatic carbocycles. The van der Waals surface area contributed by atoms with Crippen molar-refractivity contribution in [2.75, 3.05) is 0 Å². The van der Waals surface area contributed by atoms with E-state index in [0.717, 1.165) is 11.4 Å². The van der Waals surface area contributed by atoms with Gasteiger partial charge in [-0.3, -0.25) is 9.78 Å². The number of carboxylic acid groups (broad SMARTS) is 1. The molecule has 0 radical (unpaired) electrons. The summed E-state index contributed by atoms with van der Waals surface area (Å²) >= 11 is 0. The van der Waals surface area contributed by atoms with E-state index in [9.17, 15) is 9.59 Å². The third-order valence-corrected chi connectivity index (χ3v) is 2.79. The van der Waals surface area contributed by atoms with Gasteiger partial charge in [0.1, 0.15) is 0 Å². The number of nitrogens with one attached hydrogen (secondary N) is 2. The second-order valence-electron chi connectivity index (χ2n) is 5.36. The van der Waals surface area contributed by atoms with Crippen molar-refractivity contribution in [3.8, 4) is 0 Å². The number of carboxylic acids is 1. The summed E-state index contributed by atoms with van der Waals surface area (Å²) in [4.78, 5) is 26.6. The lowest BCUT2D eigenvalue weighted by atomic mass is 9.99. The zero-order chi connectivity index (χ0) is 15.2. The zero-order valence-electron chi connectivity index (χ0n) is 12.1. The summed E-state index contributed by atoms with van der Waals surface area (Å²) in [6.45, 7) is 5.81. The number of aromatic nitrogens is 1. The first-order valence-corrected chi connectivity index (χ1v) is 6.49. The zero-order valence-corrected chi connectivity index (χ0v) is 12.1. The molecule has 1 rings (SSSR count). The highest BCUT2D eigenvalue weighted by Crippen LogP contribution is 2.10. The Bertz CT molecular complexity index is 486. The van der Waals surface area contributed by atoms with Crippen molar-refractivity contribution in [1.82, 2.24) is 15.6 Å². The summed E-state index contributed by atoms with van der Waals surface area (Å²) in [6.07, 6.45) is 0.394. The summed E-state index contributed by atoms with van der Waals surface area (Å²) in [5, 5.41) is 14.1. The Kier molecular flexibility index (Phi) is 5.49. The smallest absolute Gasteiger partial charge is 0.315 e. The van der Waals surface area contributed by atoms with Crippen LogP contribution in [0.25, 0.3) is 0 Å². The monoisotopic (exact) mass is 279 g/mol. The van der Waals surface area contributed by atoms with Crippen molar-refractivity contribution in [1.29, 1.82) is 0 Å². The molecule has 20 heavy (non-hydrogen) atoms. The molecule has 0 fully saturated rings. The highest BCUT2D eigenvalue weighted by Gasteiger charge is 2.21. The Balaban J connectivity index is 2.41. The van der Waals surface area contributed by atoms with E-state index in [1.165, 1.54) is 0 Å². The molecule has 6 heteroatoms. The fourth-order valence-electron chi connectivity index (χ4n) is 1.70. The Labute approximate surface area is 118 Å². The minimum absolute atomic E-state index is 0.0206. The minimum Gasteiger partial charge on any atom is -0.481 e. The third kappa shape index (κ3) is 6.17. The van der Waals surface area contributed by atoms with Gasteiger partial charge in [0.2, 0.25) is 0 Å². The van der Waals surface area contributed by atoms with Gasteiger partial charge in [-0.1, -0.05) is 6.07 Å². The van der Waals surface area contributed by atoms with Crippen molar-refractivity contribution in [2.24, 2.45) is 0 Å². The molecular formula is C14H21N3O3. The summed E-state index contributed by atoms with van der Waals surface area (Å²) in [6, 6.07) is 5.28. The van der Waals surface area contributed by atoms with Crippen LogP contribution in [-0.4, -0.2) is 27.6 Å². The summed E-state index contributed by atoms with van der Waals surface area (Å²) < 4.78 is 0. The Morgan fingerprint density at radius 3 is 2.65 bits per heavy atom. The lowest BCUT2D eigenvalue weighted by Gasteiger charge is -2.25. The number of aliphatic carboxylic acids is 1. The largest absolute Gasteiger partial charge is 0.481 e. The highest BCUT2D eigenvalue weighted by molar-refractivity contribution is 5.74. The van der Waals surface area contributed by atoms with Crippen LogP contribution >= 0.6 is 0 Å². The molecule has 110 valence electrons. The van der Waals surface area contributed by atoms with Crippen LogP contribution < -0.4 is 10.6 Å². The number of carbonyl (C=O) groups is 2. The van der Waals surface area contributed by atoms with Gasteiger partial charge in [-0.25, -0.2) is 4.79 Å². The molecule has 1 heterocycles. The van der Waals surface area contributed by atoms with Crippen LogP contribution in [-0.2, 0) is 11.3 Å². The number of pyridine rings is 1. The van der Waals surface area contributed by atoms with E-state index in [1.807, 2.05) is 25.1 Å². The first-order valence-electron chi connectivity index (χ1n) is 6.49. The van der Waals surface area contributed by atoms with Crippen LogP contribution in [0.5, 0.6) is 0 Å². The fourth-order valence-corrected chi connectivity index (χ4v) is 1.70. The van der Waals surface area contributed by atoms with Crippen LogP contribution in [0.2, 0.25) is 0 Å². The molecule has 6 nitrogen and oxygen atoms in total. The molecule has 0 saturated carbocycles. The van der Waals surface area contributed by atoms with E-state index in [-0.39, 0.29) is 12.5 Å². The second kappa shape index (κ2) is 6.88. The standard InChI is InChI=1S/C14H21N3O3/c1-10-5-4-6-11(16-10)9-15-13(20)17-14(2,3)8-7-12(18)19/h4-6H,7-9H2,1-3H3,(H,18,19)(H2,15,17,20). The van der Waals surface area contributed by atoms with Crippen LogP contribution in [0, 0.1) is 6.92 Å². The van der Waals surface area contributed by atoms with Crippen molar-refractivity contribution in [3.05, 3.63) is 29.6 Å². The van der Waals surface area contributed by atoms with E-state index in [1.54, 1.807) is 13.8 Å². The quantitative estimate of drug-likeness (QED) is 0.741. The molecule has 0 atom stereocenters. The van der Waals surface area contributed by atoms with Gasteiger partial charge >= 0.3 is 12.0 Å². The normalized spacial score (nSPS) is 10.9. The summed E-state index contributed by atoms with van der Waals surface area (Å²) in [7, 11) is 0. The lowest BCUT2D eigenvalue weighted by Crippen LogP contribution is -2.48. The molecular weight excluding hydrogens is 258 g/mol. The van der Waals surface area contributed by atoms with Gasteiger partial charge in [0.05, 0.1) is 12.2 Å². The molecule has 0 spiro atoms. The average molecular weight is 279 g/mol. The maximum atomic E-state index is 11.8. The predicted octanol–water partition coefficient (Wildman–Crippen LogP) is 1.83. The SMILES string of the molecule is Cc1cccc(CNC(=O)NC(C)(C)CCC(=O)O)n1. The number of rotatable bonds is 6. The maximum Gasteiger partial charge on any atom is 0.315 e. The van der Waals surface area contributed by atoms with Gasteiger partial charge in [0, 0.05) is 17.7 Å². The van der Waals surface area contributed by atoms with Gasteiger partial charge in [0.15, 0.2) is 0 Å². The van der Waals surface area contributed by atoms with Gasteiger partial charge in [-0.15, -0.1) is 0 Å². The van der Waals surface area contributed by atoms with Crippen molar-refractivity contribution >= 4 is 12.0 Å². The molecule has 0 aliphatic heterocycles. The minimum atomic E-state index is -0.871. The predicted molar refractivity (Wildman–Crippen MR) is 75.3 cm³/mol. The fraction of sp³-hybridized carbons (Fsp3) is 0.500. The van der Waals surface area contributed by atoms with Gasteiger partial charge in [-0.05, 0) is 39.3 Å². The molecule has 0 aliphatic carbocycles. The van der Waals surface area contributed by atoms with E-state index >= 15 is 0 Å². The first-order chi connectivity index (χ1) is 9.28. The number of aryl methyl sites for hydroxylation is 1. The number of nitrogens with zero attached hydrogens (tertiary/aromatic N) is 1. The van der Waals surface area contributed by atoms with Crippen molar-refractivity contribution in [2.45, 2.75) is 45.7 Å². The third-order valence-electron chi connectivity index (χ3n) is 2.79. The summed E-state index contributed by atoms with van der Waals surface area (Å²) in [5.41, 5.74) is 1.11.